The van der Waals surface area contributed by atoms with Crippen LogP contribution in [-0.4, -0.2) is 34.0 Å². The standard InChI is InChI=1S/C17H28N6O.HI/c1-7-18-17(19-9-8-15-12(3)22-24-14(15)5)20-10-16-11(2)21-23(6)13(16)4;/h7-10H2,1-6H3,(H2,18,19,20);1H. The molecule has 0 fully saturated rings. The Morgan fingerprint density at radius 2 is 1.84 bits per heavy atom. The summed E-state index contributed by atoms with van der Waals surface area (Å²) in [4.78, 5) is 4.68. The highest BCUT2D eigenvalue weighted by Gasteiger charge is 2.10. The van der Waals surface area contributed by atoms with E-state index in [0.717, 1.165) is 53.9 Å². The number of rotatable bonds is 6. The molecule has 0 aliphatic carbocycles. The van der Waals surface area contributed by atoms with E-state index < -0.39 is 0 Å². The molecule has 0 radical (unpaired) electrons. The first-order chi connectivity index (χ1) is 11.4. The van der Waals surface area contributed by atoms with Gasteiger partial charge in [0.25, 0.3) is 0 Å². The smallest absolute Gasteiger partial charge is 0.191 e. The van der Waals surface area contributed by atoms with Gasteiger partial charge in [-0.1, -0.05) is 5.16 Å². The maximum absolute atomic E-state index is 5.20. The molecule has 0 amide bonds. The molecule has 0 saturated heterocycles. The van der Waals surface area contributed by atoms with Crippen LogP contribution in [-0.2, 0) is 20.0 Å². The second-order valence-electron chi connectivity index (χ2n) is 5.95. The molecule has 2 aromatic heterocycles. The van der Waals surface area contributed by atoms with Gasteiger partial charge in [0.15, 0.2) is 5.96 Å². The van der Waals surface area contributed by atoms with Crippen LogP contribution in [0.5, 0.6) is 0 Å². The SMILES string of the molecule is CCNC(=NCc1c(C)nn(C)c1C)NCCc1c(C)noc1C.I. The fraction of sp³-hybridized carbons (Fsp3) is 0.588. The van der Waals surface area contributed by atoms with E-state index in [-0.39, 0.29) is 24.0 Å². The quantitative estimate of drug-likeness (QED) is 0.394. The zero-order chi connectivity index (χ0) is 17.7. The molecule has 140 valence electrons. The van der Waals surface area contributed by atoms with Crippen LogP contribution in [0.1, 0.15) is 40.9 Å². The van der Waals surface area contributed by atoms with Gasteiger partial charge in [-0.05, 0) is 41.0 Å². The highest BCUT2D eigenvalue weighted by Crippen LogP contribution is 2.13. The Labute approximate surface area is 166 Å². The Balaban J connectivity index is 0.00000312. The fourth-order valence-corrected chi connectivity index (χ4v) is 2.71. The Morgan fingerprint density at radius 3 is 2.36 bits per heavy atom. The van der Waals surface area contributed by atoms with Gasteiger partial charge in [-0.2, -0.15) is 5.10 Å². The lowest BCUT2D eigenvalue weighted by Gasteiger charge is -2.11. The van der Waals surface area contributed by atoms with E-state index in [9.17, 15) is 0 Å². The van der Waals surface area contributed by atoms with Gasteiger partial charge in [0.05, 0.1) is 17.9 Å². The van der Waals surface area contributed by atoms with Crippen molar-refractivity contribution >= 4 is 29.9 Å². The molecule has 0 aliphatic rings. The molecule has 2 heterocycles. The number of nitrogens with one attached hydrogen (secondary N) is 2. The van der Waals surface area contributed by atoms with Crippen molar-refractivity contribution in [2.45, 2.75) is 47.6 Å². The van der Waals surface area contributed by atoms with Crippen molar-refractivity contribution in [2.75, 3.05) is 13.1 Å². The minimum Gasteiger partial charge on any atom is -0.361 e. The van der Waals surface area contributed by atoms with Crippen LogP contribution in [0.15, 0.2) is 9.52 Å². The normalized spacial score (nSPS) is 11.4. The first-order valence-electron chi connectivity index (χ1n) is 8.37. The van der Waals surface area contributed by atoms with Crippen LogP contribution in [0.4, 0.5) is 0 Å². The van der Waals surface area contributed by atoms with Crippen LogP contribution in [0.3, 0.4) is 0 Å². The predicted octanol–water partition coefficient (Wildman–Crippen LogP) is 2.56. The van der Waals surface area contributed by atoms with Crippen molar-refractivity contribution in [1.82, 2.24) is 25.6 Å². The molecule has 0 bridgehead atoms. The van der Waals surface area contributed by atoms with Crippen LogP contribution >= 0.6 is 24.0 Å². The average molecular weight is 460 g/mol. The van der Waals surface area contributed by atoms with Crippen LogP contribution in [0.2, 0.25) is 0 Å². The molecule has 8 heteroatoms. The molecule has 2 rings (SSSR count). The third kappa shape index (κ3) is 5.45. The first kappa shape index (κ1) is 21.5. The monoisotopic (exact) mass is 460 g/mol. The van der Waals surface area contributed by atoms with E-state index in [1.165, 1.54) is 5.56 Å². The van der Waals surface area contributed by atoms with Crippen LogP contribution in [0.25, 0.3) is 0 Å². The van der Waals surface area contributed by atoms with Crippen molar-refractivity contribution in [2.24, 2.45) is 12.0 Å². The molecule has 2 N–H and O–H groups in total. The van der Waals surface area contributed by atoms with E-state index in [1.54, 1.807) is 0 Å². The summed E-state index contributed by atoms with van der Waals surface area (Å²) in [6.07, 6.45) is 0.858. The minimum absolute atomic E-state index is 0. The average Bonchev–Trinajstić information content (AvgIpc) is 2.98. The molecule has 0 saturated carbocycles. The molecular formula is C17H29IN6O. The molecule has 25 heavy (non-hydrogen) atoms. The molecule has 0 atom stereocenters. The molecule has 7 nitrogen and oxygen atoms in total. The van der Waals surface area contributed by atoms with Gasteiger partial charge in [0, 0.05) is 37.0 Å². The number of guanidine groups is 1. The van der Waals surface area contributed by atoms with Crippen molar-refractivity contribution < 1.29 is 4.52 Å². The van der Waals surface area contributed by atoms with E-state index in [0.29, 0.717) is 6.54 Å². The highest BCUT2D eigenvalue weighted by atomic mass is 127. The number of nitrogens with zero attached hydrogens (tertiary/aromatic N) is 4. The lowest BCUT2D eigenvalue weighted by Crippen LogP contribution is -2.38. The number of hydrogen-bond donors (Lipinski definition) is 2. The summed E-state index contributed by atoms with van der Waals surface area (Å²) < 4.78 is 7.10. The summed E-state index contributed by atoms with van der Waals surface area (Å²) in [5.74, 6) is 1.70. The van der Waals surface area contributed by atoms with Crippen molar-refractivity contribution in [3.8, 4) is 0 Å². The van der Waals surface area contributed by atoms with E-state index in [2.05, 4.69) is 39.7 Å². The summed E-state index contributed by atoms with van der Waals surface area (Å²) >= 11 is 0. The van der Waals surface area contributed by atoms with E-state index in [4.69, 9.17) is 4.52 Å². The number of hydrogen-bond acceptors (Lipinski definition) is 4. The van der Waals surface area contributed by atoms with Gasteiger partial charge < -0.3 is 15.2 Å². The topological polar surface area (TPSA) is 80.3 Å². The van der Waals surface area contributed by atoms with Gasteiger partial charge in [0.1, 0.15) is 5.76 Å². The predicted molar refractivity (Wildman–Crippen MR) is 111 cm³/mol. The van der Waals surface area contributed by atoms with Crippen molar-refractivity contribution in [3.63, 3.8) is 0 Å². The van der Waals surface area contributed by atoms with Gasteiger partial charge in [-0.3, -0.25) is 4.68 Å². The molecular weight excluding hydrogens is 431 g/mol. The van der Waals surface area contributed by atoms with Crippen molar-refractivity contribution in [3.05, 3.63) is 34.0 Å². The van der Waals surface area contributed by atoms with Gasteiger partial charge in [0.2, 0.25) is 0 Å². The van der Waals surface area contributed by atoms with E-state index >= 15 is 0 Å². The summed E-state index contributed by atoms with van der Waals surface area (Å²) in [5, 5.41) is 15.1. The molecule has 0 aromatic carbocycles. The fourth-order valence-electron chi connectivity index (χ4n) is 2.71. The van der Waals surface area contributed by atoms with Crippen LogP contribution < -0.4 is 10.6 Å². The zero-order valence-corrected chi connectivity index (χ0v) is 18.3. The highest BCUT2D eigenvalue weighted by molar-refractivity contribution is 14.0. The summed E-state index contributed by atoms with van der Waals surface area (Å²) in [5.41, 5.74) is 5.49. The summed E-state index contributed by atoms with van der Waals surface area (Å²) in [6, 6.07) is 0. The van der Waals surface area contributed by atoms with Gasteiger partial charge in [-0.15, -0.1) is 24.0 Å². The number of aryl methyl sites for hydroxylation is 4. The lowest BCUT2D eigenvalue weighted by atomic mass is 10.1. The Bertz CT molecular complexity index is 700. The zero-order valence-electron chi connectivity index (χ0n) is 15.9. The third-order valence-corrected chi connectivity index (χ3v) is 4.25. The third-order valence-electron chi connectivity index (χ3n) is 4.25. The maximum atomic E-state index is 5.20. The molecule has 0 spiro atoms. The maximum Gasteiger partial charge on any atom is 0.191 e. The first-order valence-corrected chi connectivity index (χ1v) is 8.37. The second-order valence-corrected chi connectivity index (χ2v) is 5.95. The number of halogens is 1. The van der Waals surface area contributed by atoms with Gasteiger partial charge in [-0.25, -0.2) is 4.99 Å². The van der Waals surface area contributed by atoms with Crippen LogP contribution in [0, 0.1) is 27.7 Å². The Morgan fingerprint density at radius 1 is 1.12 bits per heavy atom. The molecule has 2 aromatic rings. The molecule has 0 aliphatic heterocycles. The summed E-state index contributed by atoms with van der Waals surface area (Å²) in [7, 11) is 1.96. The lowest BCUT2D eigenvalue weighted by molar-refractivity contribution is 0.392. The Hall–Kier alpha value is -1.58. The number of aliphatic imine (C=N–C) groups is 1. The second kappa shape index (κ2) is 9.79. The largest absolute Gasteiger partial charge is 0.361 e. The van der Waals surface area contributed by atoms with E-state index in [1.807, 2.05) is 32.5 Å². The molecule has 0 unspecified atom stereocenters. The number of aromatic nitrogens is 3. The summed E-state index contributed by atoms with van der Waals surface area (Å²) in [6.45, 7) is 12.3. The van der Waals surface area contributed by atoms with Gasteiger partial charge >= 0.3 is 0 Å². The minimum atomic E-state index is 0. The Kier molecular flexibility index (Phi) is 8.40. The van der Waals surface area contributed by atoms with Crippen molar-refractivity contribution in [1.29, 1.82) is 0 Å².